The van der Waals surface area contributed by atoms with Crippen LogP contribution in [0.15, 0.2) is 24.3 Å². The van der Waals surface area contributed by atoms with Crippen molar-refractivity contribution < 1.29 is 4.90 Å². The van der Waals surface area contributed by atoms with Crippen molar-refractivity contribution in [3.8, 4) is 0 Å². The fourth-order valence-corrected chi connectivity index (χ4v) is 3.29. The minimum Gasteiger partial charge on any atom is -0.315 e. The average Bonchev–Trinajstić information content (AvgIpc) is 3.30. The highest BCUT2D eigenvalue weighted by Crippen LogP contribution is 2.38. The molecule has 1 saturated carbocycles. The van der Waals surface area contributed by atoms with Crippen LogP contribution in [0.4, 0.5) is 0 Å². The SMILES string of the molecule is Cn1c(C2CC2)nn(C[NH+](C)Cc2ccc(C(C)(C)C)cc2)c1=S. The van der Waals surface area contributed by atoms with Gasteiger partial charge in [0.1, 0.15) is 12.4 Å². The smallest absolute Gasteiger partial charge is 0.202 e. The maximum Gasteiger partial charge on any atom is 0.202 e. The van der Waals surface area contributed by atoms with Gasteiger partial charge >= 0.3 is 0 Å². The van der Waals surface area contributed by atoms with Crippen LogP contribution in [0.1, 0.15) is 56.5 Å². The predicted molar refractivity (Wildman–Crippen MR) is 99.7 cm³/mol. The molecule has 1 aromatic heterocycles. The Balaban J connectivity index is 1.66. The van der Waals surface area contributed by atoms with Crippen LogP contribution < -0.4 is 4.90 Å². The van der Waals surface area contributed by atoms with Crippen LogP contribution in [0.3, 0.4) is 0 Å². The summed E-state index contributed by atoms with van der Waals surface area (Å²) >= 11 is 5.55. The van der Waals surface area contributed by atoms with E-state index in [1.165, 1.54) is 28.9 Å². The standard InChI is InChI=1S/C19H28N4S/c1-19(2,3)16-10-6-14(7-11-16)12-21(4)13-23-18(24)22(5)17(20-23)15-8-9-15/h6-7,10-11,15H,8-9,12-13H2,1-5H3/p+1. The molecular weight excluding hydrogens is 316 g/mol. The third-order valence-electron chi connectivity index (χ3n) is 4.76. The predicted octanol–water partition coefficient (Wildman–Crippen LogP) is 2.80. The molecule has 0 spiro atoms. The van der Waals surface area contributed by atoms with Crippen molar-refractivity contribution >= 4 is 12.2 Å². The van der Waals surface area contributed by atoms with E-state index in [2.05, 4.69) is 56.7 Å². The van der Waals surface area contributed by atoms with E-state index in [1.807, 2.05) is 11.7 Å². The minimum absolute atomic E-state index is 0.206. The first-order valence-corrected chi connectivity index (χ1v) is 9.21. The molecule has 1 aliphatic carbocycles. The summed E-state index contributed by atoms with van der Waals surface area (Å²) in [5.41, 5.74) is 2.94. The lowest BCUT2D eigenvalue weighted by Crippen LogP contribution is -3.07. The molecule has 1 heterocycles. The van der Waals surface area contributed by atoms with Crippen LogP contribution in [0, 0.1) is 4.77 Å². The second-order valence-electron chi connectivity index (χ2n) is 8.21. The molecule has 1 unspecified atom stereocenters. The Morgan fingerprint density at radius 2 is 1.83 bits per heavy atom. The fourth-order valence-electron chi connectivity index (χ4n) is 3.09. The van der Waals surface area contributed by atoms with Gasteiger partial charge in [-0.25, -0.2) is 0 Å². The minimum atomic E-state index is 0.206. The van der Waals surface area contributed by atoms with Gasteiger partial charge in [-0.1, -0.05) is 45.0 Å². The van der Waals surface area contributed by atoms with Gasteiger partial charge in [0.05, 0.1) is 7.05 Å². The largest absolute Gasteiger partial charge is 0.315 e. The summed E-state index contributed by atoms with van der Waals surface area (Å²) < 4.78 is 4.90. The van der Waals surface area contributed by atoms with Gasteiger partial charge in [0, 0.05) is 18.5 Å². The van der Waals surface area contributed by atoms with E-state index in [9.17, 15) is 0 Å². The van der Waals surface area contributed by atoms with Gasteiger partial charge < -0.3 is 9.47 Å². The second kappa shape index (κ2) is 6.45. The van der Waals surface area contributed by atoms with E-state index in [1.54, 1.807) is 0 Å². The quantitative estimate of drug-likeness (QED) is 0.844. The van der Waals surface area contributed by atoms with Gasteiger partial charge in [-0.3, -0.25) is 0 Å². The molecular formula is C19H29N4S+. The number of benzene rings is 1. The zero-order valence-corrected chi connectivity index (χ0v) is 16.3. The zero-order chi connectivity index (χ0) is 17.5. The van der Waals surface area contributed by atoms with Gasteiger partial charge in [0.25, 0.3) is 0 Å². The number of hydrogen-bond acceptors (Lipinski definition) is 2. The Kier molecular flexibility index (Phi) is 4.67. The van der Waals surface area contributed by atoms with E-state index in [0.717, 1.165) is 23.8 Å². The molecule has 24 heavy (non-hydrogen) atoms. The first-order chi connectivity index (χ1) is 11.3. The van der Waals surface area contributed by atoms with Gasteiger partial charge in [-0.05, 0) is 36.0 Å². The van der Waals surface area contributed by atoms with Crippen molar-refractivity contribution in [3.63, 3.8) is 0 Å². The summed E-state index contributed by atoms with van der Waals surface area (Å²) in [4.78, 5) is 1.38. The molecule has 1 atom stereocenters. The number of rotatable bonds is 5. The fraction of sp³-hybridized carbons (Fsp3) is 0.579. The molecule has 1 aromatic carbocycles. The van der Waals surface area contributed by atoms with Gasteiger partial charge in [0.2, 0.25) is 4.77 Å². The molecule has 4 nitrogen and oxygen atoms in total. The lowest BCUT2D eigenvalue weighted by Gasteiger charge is -2.19. The molecule has 3 rings (SSSR count). The van der Waals surface area contributed by atoms with Crippen LogP contribution in [0.2, 0.25) is 0 Å². The summed E-state index contributed by atoms with van der Waals surface area (Å²) in [5, 5.41) is 4.75. The molecule has 0 radical (unpaired) electrons. The van der Waals surface area contributed by atoms with Gasteiger partial charge in [-0.2, -0.15) is 9.78 Å². The molecule has 0 aliphatic heterocycles. The summed E-state index contributed by atoms with van der Waals surface area (Å²) in [6.45, 7) is 8.53. The first-order valence-electron chi connectivity index (χ1n) is 8.80. The number of quaternary nitrogens is 1. The van der Waals surface area contributed by atoms with E-state index in [0.29, 0.717) is 5.92 Å². The summed E-state index contributed by atoms with van der Waals surface area (Å²) in [7, 11) is 4.24. The average molecular weight is 346 g/mol. The Morgan fingerprint density at radius 3 is 2.38 bits per heavy atom. The molecule has 0 saturated heterocycles. The number of nitrogens with zero attached hydrogens (tertiary/aromatic N) is 3. The molecule has 1 N–H and O–H groups in total. The maximum atomic E-state index is 5.55. The lowest BCUT2D eigenvalue weighted by molar-refractivity contribution is -0.917. The van der Waals surface area contributed by atoms with Crippen LogP contribution >= 0.6 is 12.2 Å². The third kappa shape index (κ3) is 3.78. The van der Waals surface area contributed by atoms with Crippen LogP contribution in [0.25, 0.3) is 0 Å². The Labute approximate surface area is 150 Å². The van der Waals surface area contributed by atoms with E-state index in [-0.39, 0.29) is 5.41 Å². The van der Waals surface area contributed by atoms with E-state index >= 15 is 0 Å². The molecule has 130 valence electrons. The van der Waals surface area contributed by atoms with Crippen LogP contribution in [-0.4, -0.2) is 21.4 Å². The summed E-state index contributed by atoms with van der Waals surface area (Å²) in [6.07, 6.45) is 2.50. The van der Waals surface area contributed by atoms with E-state index < -0.39 is 0 Å². The normalized spacial score (nSPS) is 16.4. The Morgan fingerprint density at radius 1 is 1.21 bits per heavy atom. The Hall–Kier alpha value is -1.46. The summed E-state index contributed by atoms with van der Waals surface area (Å²) in [6, 6.07) is 9.00. The summed E-state index contributed by atoms with van der Waals surface area (Å²) in [5.74, 6) is 1.78. The molecule has 0 bridgehead atoms. The highest BCUT2D eigenvalue weighted by atomic mass is 32.1. The number of aromatic nitrogens is 3. The van der Waals surface area contributed by atoms with Crippen molar-refractivity contribution in [2.75, 3.05) is 7.05 Å². The van der Waals surface area contributed by atoms with Crippen molar-refractivity contribution in [1.29, 1.82) is 0 Å². The van der Waals surface area contributed by atoms with Gasteiger partial charge in [0.15, 0.2) is 6.67 Å². The number of nitrogens with one attached hydrogen (secondary N) is 1. The van der Waals surface area contributed by atoms with Crippen molar-refractivity contribution in [1.82, 2.24) is 14.3 Å². The van der Waals surface area contributed by atoms with Gasteiger partial charge in [-0.15, -0.1) is 0 Å². The molecule has 0 amide bonds. The topological polar surface area (TPSA) is 27.2 Å². The molecule has 2 aromatic rings. The third-order valence-corrected chi connectivity index (χ3v) is 5.25. The second-order valence-corrected chi connectivity index (χ2v) is 8.58. The lowest BCUT2D eigenvalue weighted by atomic mass is 9.87. The molecule has 1 fully saturated rings. The maximum absolute atomic E-state index is 5.55. The van der Waals surface area contributed by atoms with Crippen LogP contribution in [-0.2, 0) is 25.7 Å². The number of hydrogen-bond donors (Lipinski definition) is 1. The highest BCUT2D eigenvalue weighted by molar-refractivity contribution is 7.71. The monoisotopic (exact) mass is 345 g/mol. The molecule has 1 aliphatic rings. The van der Waals surface area contributed by atoms with Crippen molar-refractivity contribution in [2.24, 2.45) is 7.05 Å². The molecule has 5 heteroatoms. The van der Waals surface area contributed by atoms with E-state index in [4.69, 9.17) is 17.3 Å². The van der Waals surface area contributed by atoms with Crippen molar-refractivity contribution in [2.45, 2.75) is 58.2 Å². The first kappa shape index (κ1) is 17.4. The zero-order valence-electron chi connectivity index (χ0n) is 15.5. The highest BCUT2D eigenvalue weighted by Gasteiger charge is 2.29. The van der Waals surface area contributed by atoms with Crippen molar-refractivity contribution in [3.05, 3.63) is 46.0 Å². The Bertz CT molecular complexity index is 760. The van der Waals surface area contributed by atoms with Crippen LogP contribution in [0.5, 0.6) is 0 Å².